The minimum atomic E-state index is -0.218. The van der Waals surface area contributed by atoms with E-state index >= 15 is 0 Å². The molecule has 0 heterocycles. The summed E-state index contributed by atoms with van der Waals surface area (Å²) >= 11 is 3.42. The largest absolute Gasteiger partial charge is 0.331 e. The van der Waals surface area contributed by atoms with E-state index < -0.39 is 0 Å². The number of nitrogens with one attached hydrogen (secondary N) is 2. The van der Waals surface area contributed by atoms with Crippen molar-refractivity contribution >= 4 is 27.6 Å². The Hall–Kier alpha value is -1.81. The van der Waals surface area contributed by atoms with Gasteiger partial charge >= 0.3 is 6.03 Å². The predicted octanol–water partition coefficient (Wildman–Crippen LogP) is 5.63. The number of para-hydroxylation sites is 1. The molecule has 1 atom stereocenters. The molecule has 122 valence electrons. The van der Waals surface area contributed by atoms with Gasteiger partial charge in [0, 0.05) is 4.47 Å². The minimum Gasteiger partial charge on any atom is -0.331 e. The highest BCUT2D eigenvalue weighted by Gasteiger charge is 2.15. The lowest BCUT2D eigenvalue weighted by Gasteiger charge is -2.21. The van der Waals surface area contributed by atoms with Crippen molar-refractivity contribution in [3.05, 3.63) is 64.1 Å². The van der Waals surface area contributed by atoms with Crippen molar-refractivity contribution in [2.75, 3.05) is 5.32 Å². The van der Waals surface area contributed by atoms with E-state index in [4.69, 9.17) is 0 Å². The number of urea groups is 1. The lowest BCUT2D eigenvalue weighted by Crippen LogP contribution is -2.31. The van der Waals surface area contributed by atoms with Crippen molar-refractivity contribution in [3.8, 4) is 0 Å². The van der Waals surface area contributed by atoms with E-state index in [1.807, 2.05) is 31.2 Å². The van der Waals surface area contributed by atoms with Gasteiger partial charge in [0.15, 0.2) is 0 Å². The Morgan fingerprint density at radius 3 is 2.22 bits per heavy atom. The highest BCUT2D eigenvalue weighted by molar-refractivity contribution is 9.10. The summed E-state index contributed by atoms with van der Waals surface area (Å²) in [6.07, 6.45) is 0. The third-order valence-electron chi connectivity index (χ3n) is 3.75. The first-order valence-corrected chi connectivity index (χ1v) is 8.49. The predicted molar refractivity (Wildman–Crippen MR) is 99.9 cm³/mol. The molecule has 0 aliphatic heterocycles. The highest BCUT2D eigenvalue weighted by Crippen LogP contribution is 2.24. The van der Waals surface area contributed by atoms with E-state index in [-0.39, 0.29) is 17.5 Å². The first kappa shape index (κ1) is 17.5. The topological polar surface area (TPSA) is 41.1 Å². The van der Waals surface area contributed by atoms with Gasteiger partial charge in [-0.05, 0) is 51.5 Å². The second-order valence-corrected chi connectivity index (χ2v) is 7.53. The molecule has 0 aliphatic rings. The summed E-state index contributed by atoms with van der Waals surface area (Å²) in [6, 6.07) is 15.7. The summed E-state index contributed by atoms with van der Waals surface area (Å²) in [6.45, 7) is 8.55. The average Bonchev–Trinajstić information content (AvgIpc) is 2.49. The van der Waals surface area contributed by atoms with Crippen molar-refractivity contribution in [1.29, 1.82) is 0 Å². The van der Waals surface area contributed by atoms with Gasteiger partial charge in [-0.2, -0.15) is 0 Å². The average molecular weight is 375 g/mol. The third-order valence-corrected chi connectivity index (χ3v) is 4.44. The fraction of sp³-hybridized carbons (Fsp3) is 0.316. The molecule has 0 saturated heterocycles. The van der Waals surface area contributed by atoms with Gasteiger partial charge in [0.25, 0.3) is 0 Å². The van der Waals surface area contributed by atoms with Crippen LogP contribution in [0, 0.1) is 0 Å². The maximum Gasteiger partial charge on any atom is 0.319 e. The van der Waals surface area contributed by atoms with Gasteiger partial charge in [-0.1, -0.05) is 57.2 Å². The Balaban J connectivity index is 2.00. The number of rotatable bonds is 3. The van der Waals surface area contributed by atoms with Gasteiger partial charge in [-0.3, -0.25) is 0 Å². The van der Waals surface area contributed by atoms with Crippen LogP contribution in [-0.4, -0.2) is 6.03 Å². The fourth-order valence-corrected chi connectivity index (χ4v) is 2.66. The molecule has 2 aromatic rings. The maximum atomic E-state index is 12.1. The van der Waals surface area contributed by atoms with Crippen LogP contribution in [0.25, 0.3) is 0 Å². The zero-order valence-corrected chi connectivity index (χ0v) is 15.6. The molecule has 0 spiro atoms. The molecule has 0 bridgehead atoms. The van der Waals surface area contributed by atoms with Crippen LogP contribution in [0.1, 0.15) is 44.9 Å². The SMILES string of the molecule is C[C@H](NC(=O)Nc1ccccc1Br)c1ccc(C(C)(C)C)cc1. The van der Waals surface area contributed by atoms with E-state index in [2.05, 4.69) is 71.6 Å². The number of benzene rings is 2. The van der Waals surface area contributed by atoms with Crippen LogP contribution < -0.4 is 10.6 Å². The van der Waals surface area contributed by atoms with E-state index in [0.717, 1.165) is 15.7 Å². The van der Waals surface area contributed by atoms with Gasteiger partial charge in [-0.15, -0.1) is 0 Å². The molecule has 2 aromatic carbocycles. The Morgan fingerprint density at radius 1 is 1.04 bits per heavy atom. The number of carbonyl (C=O) groups excluding carboxylic acids is 1. The molecule has 3 nitrogen and oxygen atoms in total. The first-order chi connectivity index (χ1) is 10.8. The summed E-state index contributed by atoms with van der Waals surface area (Å²) in [5.74, 6) is 0. The Kier molecular flexibility index (Phi) is 5.47. The van der Waals surface area contributed by atoms with E-state index in [1.54, 1.807) is 0 Å². The summed E-state index contributed by atoms with van der Waals surface area (Å²) in [5.41, 5.74) is 3.25. The molecular weight excluding hydrogens is 352 g/mol. The molecule has 0 saturated carbocycles. The summed E-state index contributed by atoms with van der Waals surface area (Å²) < 4.78 is 0.859. The third kappa shape index (κ3) is 4.83. The Morgan fingerprint density at radius 2 is 1.65 bits per heavy atom. The Labute approximate surface area is 146 Å². The van der Waals surface area contributed by atoms with E-state index in [1.165, 1.54) is 5.56 Å². The monoisotopic (exact) mass is 374 g/mol. The molecule has 2 N–H and O–H groups in total. The summed E-state index contributed by atoms with van der Waals surface area (Å²) in [7, 11) is 0. The number of hydrogen-bond acceptors (Lipinski definition) is 1. The van der Waals surface area contributed by atoms with Gasteiger partial charge in [0.1, 0.15) is 0 Å². The molecule has 0 unspecified atom stereocenters. The van der Waals surface area contributed by atoms with Crippen molar-refractivity contribution in [2.24, 2.45) is 0 Å². The van der Waals surface area contributed by atoms with Crippen LogP contribution in [0.4, 0.5) is 10.5 Å². The van der Waals surface area contributed by atoms with Gasteiger partial charge in [-0.25, -0.2) is 4.79 Å². The van der Waals surface area contributed by atoms with E-state index in [9.17, 15) is 4.79 Å². The summed E-state index contributed by atoms with van der Waals surface area (Å²) in [5, 5.41) is 5.81. The number of anilines is 1. The number of hydrogen-bond donors (Lipinski definition) is 2. The van der Waals surface area contributed by atoms with Gasteiger partial charge in [0.05, 0.1) is 11.7 Å². The highest BCUT2D eigenvalue weighted by atomic mass is 79.9. The zero-order valence-electron chi connectivity index (χ0n) is 14.0. The normalized spacial score (nSPS) is 12.6. The van der Waals surface area contributed by atoms with E-state index in [0.29, 0.717) is 0 Å². The van der Waals surface area contributed by atoms with Crippen LogP contribution in [-0.2, 0) is 5.41 Å². The molecular formula is C19H23BrN2O. The van der Waals surface area contributed by atoms with Crippen LogP contribution in [0.2, 0.25) is 0 Å². The lowest BCUT2D eigenvalue weighted by atomic mass is 9.86. The zero-order chi connectivity index (χ0) is 17.0. The quantitative estimate of drug-likeness (QED) is 0.717. The molecule has 23 heavy (non-hydrogen) atoms. The molecule has 2 amide bonds. The molecule has 2 rings (SSSR count). The standard InChI is InChI=1S/C19H23BrN2O/c1-13(14-9-11-15(12-10-14)19(2,3)4)21-18(23)22-17-8-6-5-7-16(17)20/h5-13H,1-4H3,(H2,21,22,23)/t13-/m0/s1. The fourth-order valence-electron chi connectivity index (χ4n) is 2.27. The van der Waals surface area contributed by atoms with Crippen molar-refractivity contribution in [1.82, 2.24) is 5.32 Å². The number of halogens is 1. The summed E-state index contributed by atoms with van der Waals surface area (Å²) in [4.78, 5) is 12.1. The van der Waals surface area contributed by atoms with Crippen LogP contribution in [0.3, 0.4) is 0 Å². The molecule has 0 fully saturated rings. The minimum absolute atomic E-state index is 0.0634. The molecule has 0 aliphatic carbocycles. The lowest BCUT2D eigenvalue weighted by molar-refractivity contribution is 0.249. The number of carbonyl (C=O) groups is 1. The molecule has 0 radical (unpaired) electrons. The molecule has 4 heteroatoms. The maximum absolute atomic E-state index is 12.1. The smallest absolute Gasteiger partial charge is 0.319 e. The van der Waals surface area contributed by atoms with Crippen molar-refractivity contribution in [2.45, 2.75) is 39.2 Å². The van der Waals surface area contributed by atoms with Crippen LogP contribution >= 0.6 is 15.9 Å². The van der Waals surface area contributed by atoms with Gasteiger partial charge in [0.2, 0.25) is 0 Å². The second-order valence-electron chi connectivity index (χ2n) is 6.67. The van der Waals surface area contributed by atoms with Gasteiger partial charge < -0.3 is 10.6 Å². The first-order valence-electron chi connectivity index (χ1n) is 7.70. The Bertz CT molecular complexity index is 675. The molecule has 0 aromatic heterocycles. The number of amides is 2. The van der Waals surface area contributed by atoms with Crippen LogP contribution in [0.5, 0.6) is 0 Å². The van der Waals surface area contributed by atoms with Crippen molar-refractivity contribution < 1.29 is 4.79 Å². The van der Waals surface area contributed by atoms with Crippen molar-refractivity contribution in [3.63, 3.8) is 0 Å². The van der Waals surface area contributed by atoms with Crippen LogP contribution in [0.15, 0.2) is 53.0 Å². The second kappa shape index (κ2) is 7.18.